The van der Waals surface area contributed by atoms with Crippen molar-refractivity contribution in [3.63, 3.8) is 0 Å². The summed E-state index contributed by atoms with van der Waals surface area (Å²) >= 11 is 0. The van der Waals surface area contributed by atoms with Gasteiger partial charge in [0, 0.05) is 30.2 Å². The Bertz CT molecular complexity index is 639. The van der Waals surface area contributed by atoms with Crippen LogP contribution in [-0.4, -0.2) is 9.77 Å². The van der Waals surface area contributed by atoms with Crippen molar-refractivity contribution in [3.8, 4) is 5.69 Å². The summed E-state index contributed by atoms with van der Waals surface area (Å²) in [7, 11) is 0. The quantitative estimate of drug-likeness (QED) is 0.673. The average Bonchev–Trinajstić information content (AvgIpc) is 2.82. The molecule has 2 aromatic carbocycles. The van der Waals surface area contributed by atoms with Crippen LogP contribution in [0.2, 0.25) is 0 Å². The molecular formula is C14H12N2O2. The second-order valence-electron chi connectivity index (χ2n) is 4.15. The molecule has 0 fully saturated rings. The predicted molar refractivity (Wildman–Crippen MR) is 69.1 cm³/mol. The first-order valence-corrected chi connectivity index (χ1v) is 5.64. The zero-order valence-electron chi connectivity index (χ0n) is 9.58. The van der Waals surface area contributed by atoms with Gasteiger partial charge in [-0.2, -0.15) is 5.23 Å². The van der Waals surface area contributed by atoms with Gasteiger partial charge in [0.1, 0.15) is 0 Å². The maximum absolute atomic E-state index is 10.8. The van der Waals surface area contributed by atoms with Gasteiger partial charge in [0.05, 0.1) is 0 Å². The molecule has 0 amide bonds. The van der Waals surface area contributed by atoms with E-state index in [1.165, 1.54) is 10.8 Å². The van der Waals surface area contributed by atoms with E-state index < -0.39 is 5.23 Å². The number of benzene rings is 2. The third kappa shape index (κ3) is 1.89. The van der Waals surface area contributed by atoms with Crippen LogP contribution in [0.3, 0.4) is 0 Å². The lowest BCUT2D eigenvalue weighted by Gasteiger charge is -2.11. The van der Waals surface area contributed by atoms with E-state index in [0.717, 1.165) is 5.69 Å². The molecule has 0 aliphatic heterocycles. The van der Waals surface area contributed by atoms with Gasteiger partial charge < -0.3 is 9.77 Å². The molecule has 4 heteroatoms. The highest BCUT2D eigenvalue weighted by Crippen LogP contribution is 2.19. The highest BCUT2D eigenvalue weighted by molar-refractivity contribution is 5.82. The van der Waals surface area contributed by atoms with Gasteiger partial charge in [-0.05, 0) is 22.9 Å². The average molecular weight is 240 g/mol. The topological polar surface area (TPSA) is 52.7 Å². The van der Waals surface area contributed by atoms with Crippen molar-refractivity contribution in [1.29, 1.82) is 0 Å². The fraction of sp³-hybridized carbons (Fsp3) is 0. The van der Waals surface area contributed by atoms with E-state index in [1.807, 2.05) is 41.2 Å². The Morgan fingerprint density at radius 1 is 0.889 bits per heavy atom. The Morgan fingerprint density at radius 3 is 1.94 bits per heavy atom. The number of nitrogens with zero attached hydrogens (tertiary/aromatic N) is 1. The summed E-state index contributed by atoms with van der Waals surface area (Å²) in [4.78, 5) is 0. The fourth-order valence-electron chi connectivity index (χ4n) is 2.01. The minimum Gasteiger partial charge on any atom is -0.595 e. The Kier molecular flexibility index (Phi) is 2.60. The standard InChI is InChI=1S/C14H12N2O2/c17-16(18)14-7-5-13(6-8-14)15-9-11-3-1-2-4-12(11)10-15/h1-10,16-17H. The van der Waals surface area contributed by atoms with Gasteiger partial charge >= 0.3 is 0 Å². The van der Waals surface area contributed by atoms with Crippen LogP contribution in [0.15, 0.2) is 60.9 Å². The molecule has 2 N–H and O–H groups in total. The van der Waals surface area contributed by atoms with Crippen LogP contribution < -0.4 is 5.23 Å². The molecule has 0 aliphatic carbocycles. The summed E-state index contributed by atoms with van der Waals surface area (Å²) in [6.07, 6.45) is 4.07. The van der Waals surface area contributed by atoms with E-state index in [0.29, 0.717) is 5.69 Å². The lowest BCUT2D eigenvalue weighted by Crippen LogP contribution is -2.99. The molecule has 0 saturated heterocycles. The largest absolute Gasteiger partial charge is 0.595 e. The molecule has 0 radical (unpaired) electrons. The predicted octanol–water partition coefficient (Wildman–Crippen LogP) is 2.03. The summed E-state index contributed by atoms with van der Waals surface area (Å²) in [5.41, 5.74) is 1.26. The van der Waals surface area contributed by atoms with Crippen LogP contribution in [0.1, 0.15) is 0 Å². The van der Waals surface area contributed by atoms with Gasteiger partial charge in [-0.25, -0.2) is 5.21 Å². The zero-order chi connectivity index (χ0) is 12.5. The molecular weight excluding hydrogens is 228 g/mol. The Balaban J connectivity index is 2.03. The van der Waals surface area contributed by atoms with Crippen molar-refractivity contribution in [2.24, 2.45) is 0 Å². The molecule has 3 rings (SSSR count). The number of hydrogen-bond donors (Lipinski definition) is 2. The van der Waals surface area contributed by atoms with Gasteiger partial charge in [-0.3, -0.25) is 0 Å². The van der Waals surface area contributed by atoms with Gasteiger partial charge in [0.15, 0.2) is 5.69 Å². The Morgan fingerprint density at radius 2 is 1.44 bits per heavy atom. The molecule has 1 aromatic heterocycles. The van der Waals surface area contributed by atoms with Crippen molar-refractivity contribution in [2.75, 3.05) is 0 Å². The number of hydrogen-bond acceptors (Lipinski definition) is 2. The molecule has 1 heterocycles. The van der Waals surface area contributed by atoms with Crippen LogP contribution in [0.5, 0.6) is 0 Å². The molecule has 0 aliphatic rings. The fourth-order valence-corrected chi connectivity index (χ4v) is 2.01. The maximum atomic E-state index is 10.8. The molecule has 1 unspecified atom stereocenters. The Labute approximate surface area is 104 Å². The maximum Gasteiger partial charge on any atom is 0.163 e. The minimum absolute atomic E-state index is 0.301. The summed E-state index contributed by atoms with van der Waals surface area (Å²) in [6, 6.07) is 14.9. The molecule has 4 nitrogen and oxygen atoms in total. The van der Waals surface area contributed by atoms with E-state index in [-0.39, 0.29) is 0 Å². The van der Waals surface area contributed by atoms with Crippen molar-refractivity contribution in [1.82, 2.24) is 4.57 Å². The van der Waals surface area contributed by atoms with E-state index in [4.69, 9.17) is 5.21 Å². The number of fused-ring (bicyclic) bond motifs is 1. The normalized spacial score (nSPS) is 12.8. The second kappa shape index (κ2) is 4.27. The SMILES string of the molecule is [O-][NH+](O)c1ccc(-n2cc3ccccc3c2)cc1. The first-order valence-electron chi connectivity index (χ1n) is 5.64. The Hall–Kier alpha value is -2.14. The molecule has 0 spiro atoms. The lowest BCUT2D eigenvalue weighted by molar-refractivity contribution is -0.991. The van der Waals surface area contributed by atoms with E-state index in [9.17, 15) is 5.21 Å². The van der Waals surface area contributed by atoms with Crippen LogP contribution in [0.25, 0.3) is 16.5 Å². The minimum atomic E-state index is -0.904. The molecule has 18 heavy (non-hydrogen) atoms. The van der Waals surface area contributed by atoms with Crippen LogP contribution in [0.4, 0.5) is 5.69 Å². The van der Waals surface area contributed by atoms with E-state index in [2.05, 4.69) is 12.1 Å². The number of quaternary nitrogens is 1. The summed E-state index contributed by atoms with van der Waals surface area (Å²) < 4.78 is 2.00. The number of nitrogens with one attached hydrogen (secondary N) is 1. The van der Waals surface area contributed by atoms with Gasteiger partial charge in [0.25, 0.3) is 0 Å². The first-order chi connectivity index (χ1) is 8.74. The van der Waals surface area contributed by atoms with Crippen molar-refractivity contribution < 1.29 is 10.4 Å². The van der Waals surface area contributed by atoms with Crippen LogP contribution in [0, 0.1) is 5.21 Å². The number of aromatic nitrogens is 1. The lowest BCUT2D eigenvalue weighted by atomic mass is 10.2. The number of rotatable bonds is 2. The van der Waals surface area contributed by atoms with Crippen molar-refractivity contribution in [2.45, 2.75) is 0 Å². The highest BCUT2D eigenvalue weighted by atomic mass is 16.8. The van der Waals surface area contributed by atoms with Crippen LogP contribution >= 0.6 is 0 Å². The zero-order valence-corrected chi connectivity index (χ0v) is 9.58. The third-order valence-corrected chi connectivity index (χ3v) is 2.96. The molecule has 90 valence electrons. The van der Waals surface area contributed by atoms with Gasteiger partial charge in [-0.1, -0.05) is 24.3 Å². The highest BCUT2D eigenvalue weighted by Gasteiger charge is 2.02. The molecule has 3 aromatic rings. The van der Waals surface area contributed by atoms with Crippen molar-refractivity contribution in [3.05, 3.63) is 66.1 Å². The second-order valence-corrected chi connectivity index (χ2v) is 4.15. The third-order valence-electron chi connectivity index (χ3n) is 2.96. The molecule has 0 bridgehead atoms. The van der Waals surface area contributed by atoms with Gasteiger partial charge in [0.2, 0.25) is 0 Å². The van der Waals surface area contributed by atoms with E-state index >= 15 is 0 Å². The first kappa shape index (κ1) is 11.0. The molecule has 1 atom stereocenters. The van der Waals surface area contributed by atoms with E-state index in [1.54, 1.807) is 12.1 Å². The van der Waals surface area contributed by atoms with Gasteiger partial charge in [-0.15, -0.1) is 0 Å². The summed E-state index contributed by atoms with van der Waals surface area (Å²) in [6.45, 7) is 0. The molecule has 0 saturated carbocycles. The monoisotopic (exact) mass is 240 g/mol. The summed E-state index contributed by atoms with van der Waals surface area (Å²) in [5, 5.41) is 21.1. The summed E-state index contributed by atoms with van der Waals surface area (Å²) in [5.74, 6) is 0. The van der Waals surface area contributed by atoms with Crippen LogP contribution in [-0.2, 0) is 0 Å². The van der Waals surface area contributed by atoms with Crippen molar-refractivity contribution >= 4 is 16.5 Å². The smallest absolute Gasteiger partial charge is 0.163 e.